The number of nitrogens with zero attached hydrogens (tertiary/aromatic N) is 3. The minimum Gasteiger partial charge on any atom is -0.461 e. The zero-order valence-corrected chi connectivity index (χ0v) is 22.6. The number of para-hydroxylation sites is 2. The average molecular weight is 482 g/mol. The first-order valence-electron chi connectivity index (χ1n) is 13.4. The number of rotatable bonds is 6. The highest BCUT2D eigenvalue weighted by atomic mass is 16.5. The van der Waals surface area contributed by atoms with Crippen LogP contribution in [0, 0.1) is 10.8 Å². The Bertz CT molecular complexity index is 1120. The van der Waals surface area contributed by atoms with Crippen LogP contribution in [0.5, 0.6) is 0 Å². The summed E-state index contributed by atoms with van der Waals surface area (Å²) < 4.78 is 6.93. The molecule has 0 N–H and O–H groups in total. The van der Waals surface area contributed by atoms with E-state index in [9.17, 15) is 9.59 Å². The van der Waals surface area contributed by atoms with Gasteiger partial charge in [-0.2, -0.15) is 0 Å². The zero-order chi connectivity index (χ0) is 25.5. The van der Waals surface area contributed by atoms with E-state index >= 15 is 0 Å². The van der Waals surface area contributed by atoms with E-state index in [0.29, 0.717) is 34.5 Å². The lowest BCUT2D eigenvalue weighted by Gasteiger charge is -2.50. The third-order valence-electron chi connectivity index (χ3n) is 8.12. The molecule has 2 fully saturated rings. The van der Waals surface area contributed by atoms with Gasteiger partial charge in [0.15, 0.2) is 0 Å². The van der Waals surface area contributed by atoms with Gasteiger partial charge in [0.1, 0.15) is 0 Å². The van der Waals surface area contributed by atoms with E-state index in [1.807, 2.05) is 24.3 Å². The molecule has 0 spiro atoms. The van der Waals surface area contributed by atoms with Gasteiger partial charge in [-0.05, 0) is 82.3 Å². The zero-order valence-electron chi connectivity index (χ0n) is 22.6. The van der Waals surface area contributed by atoms with Crippen LogP contribution in [0.1, 0.15) is 104 Å². The fourth-order valence-electron chi connectivity index (χ4n) is 7.41. The molecule has 1 saturated carbocycles. The van der Waals surface area contributed by atoms with Crippen LogP contribution in [-0.4, -0.2) is 45.2 Å². The largest absolute Gasteiger partial charge is 0.461 e. The van der Waals surface area contributed by atoms with Gasteiger partial charge in [0.25, 0.3) is 5.56 Å². The Morgan fingerprint density at radius 1 is 1.14 bits per heavy atom. The van der Waals surface area contributed by atoms with E-state index in [2.05, 4.69) is 51.4 Å². The Morgan fingerprint density at radius 2 is 1.80 bits per heavy atom. The number of carbonyl (C=O) groups excluding carboxylic acids is 1. The number of esters is 1. The molecule has 0 amide bonds. The lowest BCUT2D eigenvalue weighted by Crippen LogP contribution is -2.50. The Morgan fingerprint density at radius 3 is 2.46 bits per heavy atom. The smallest absolute Gasteiger partial charge is 0.362 e. The number of aromatic nitrogens is 2. The Labute approximate surface area is 210 Å². The van der Waals surface area contributed by atoms with Crippen molar-refractivity contribution >= 4 is 17.0 Å². The fourth-order valence-corrected chi connectivity index (χ4v) is 7.41. The number of fused-ring (bicyclic) bond motifs is 1. The van der Waals surface area contributed by atoms with Crippen LogP contribution in [0.3, 0.4) is 0 Å². The van der Waals surface area contributed by atoms with Crippen molar-refractivity contribution in [1.82, 2.24) is 14.5 Å². The molecule has 1 aromatic carbocycles. The maximum atomic E-state index is 13.5. The molecule has 1 aromatic heterocycles. The number of carbonyl (C=O) groups is 1. The van der Waals surface area contributed by atoms with E-state index in [0.717, 1.165) is 18.4 Å². The molecule has 0 radical (unpaired) electrons. The van der Waals surface area contributed by atoms with Gasteiger partial charge in [0.2, 0.25) is 5.69 Å². The van der Waals surface area contributed by atoms with Crippen molar-refractivity contribution in [2.75, 3.05) is 6.61 Å². The van der Waals surface area contributed by atoms with Gasteiger partial charge in [-0.25, -0.2) is 9.78 Å². The van der Waals surface area contributed by atoms with Gasteiger partial charge in [-0.15, -0.1) is 0 Å². The minimum atomic E-state index is -0.646. The van der Waals surface area contributed by atoms with Crippen molar-refractivity contribution in [2.45, 2.75) is 111 Å². The monoisotopic (exact) mass is 481 g/mol. The summed E-state index contributed by atoms with van der Waals surface area (Å²) in [6, 6.07) is 9.05. The number of benzene rings is 1. The molecule has 3 atom stereocenters. The van der Waals surface area contributed by atoms with Gasteiger partial charge in [-0.3, -0.25) is 9.69 Å². The predicted octanol–water partition coefficient (Wildman–Crippen LogP) is 5.98. The van der Waals surface area contributed by atoms with Crippen LogP contribution in [0.15, 0.2) is 29.1 Å². The van der Waals surface area contributed by atoms with Crippen molar-refractivity contribution in [3.63, 3.8) is 0 Å². The van der Waals surface area contributed by atoms with Gasteiger partial charge >= 0.3 is 5.97 Å². The second kappa shape index (κ2) is 9.68. The molecule has 2 heterocycles. The highest BCUT2D eigenvalue weighted by molar-refractivity contribution is 5.89. The predicted molar refractivity (Wildman–Crippen MR) is 141 cm³/mol. The van der Waals surface area contributed by atoms with E-state index in [-0.39, 0.29) is 23.9 Å². The van der Waals surface area contributed by atoms with Gasteiger partial charge < -0.3 is 9.30 Å². The van der Waals surface area contributed by atoms with Crippen molar-refractivity contribution in [3.8, 4) is 0 Å². The fraction of sp³-hybridized carbons (Fsp3) is 0.690. The summed E-state index contributed by atoms with van der Waals surface area (Å²) in [5, 5.41) is 0. The molecule has 2 aliphatic rings. The van der Waals surface area contributed by atoms with E-state index in [1.165, 1.54) is 25.7 Å². The Kier molecular flexibility index (Phi) is 7.16. The molecule has 4 rings (SSSR count). The third kappa shape index (κ3) is 5.32. The molecule has 0 bridgehead atoms. The molecule has 35 heavy (non-hydrogen) atoms. The molecular formula is C29H43N3O3. The van der Waals surface area contributed by atoms with Crippen LogP contribution in [0.25, 0.3) is 11.0 Å². The first-order chi connectivity index (χ1) is 16.4. The molecule has 1 saturated heterocycles. The molecule has 6 nitrogen and oxygen atoms in total. The van der Waals surface area contributed by atoms with Crippen molar-refractivity contribution < 1.29 is 9.53 Å². The van der Waals surface area contributed by atoms with Crippen LogP contribution >= 0.6 is 0 Å². The Balaban J connectivity index is 1.67. The summed E-state index contributed by atoms with van der Waals surface area (Å²) in [6.45, 7) is 16.1. The molecular weight excluding hydrogens is 438 g/mol. The summed E-state index contributed by atoms with van der Waals surface area (Å²) in [4.78, 5) is 33.2. The second-order valence-electron chi connectivity index (χ2n) is 12.5. The SMILES string of the molecule is CCOC(=O)c1nc2ccccc2n([C@@H](C)CC2CC[C@H](C)N2C2CC(C)(C)CC(C)(C)C2)c1=O. The maximum Gasteiger partial charge on any atom is 0.362 e. The van der Waals surface area contributed by atoms with Crippen LogP contribution in [-0.2, 0) is 4.74 Å². The number of likely N-dealkylation sites (tertiary alicyclic amines) is 1. The van der Waals surface area contributed by atoms with Crippen molar-refractivity contribution in [3.05, 3.63) is 40.3 Å². The van der Waals surface area contributed by atoms with E-state index < -0.39 is 5.97 Å². The van der Waals surface area contributed by atoms with Gasteiger partial charge in [-0.1, -0.05) is 39.8 Å². The van der Waals surface area contributed by atoms with Crippen LogP contribution in [0.4, 0.5) is 0 Å². The van der Waals surface area contributed by atoms with Crippen molar-refractivity contribution in [2.24, 2.45) is 10.8 Å². The summed E-state index contributed by atoms with van der Waals surface area (Å²) in [7, 11) is 0. The molecule has 1 unspecified atom stereocenters. The standard InChI is InChI=1S/C29H43N3O3/c1-8-35-27(34)25-26(33)32(24-12-10-9-11-23(24)30-25)20(3)15-21-14-13-19(2)31(21)22-16-28(4,5)18-29(6,7)17-22/h9-12,19-22H,8,13-18H2,1-7H3/t19-,20-,21?/m0/s1. The first kappa shape index (κ1) is 25.9. The topological polar surface area (TPSA) is 64.4 Å². The molecule has 2 aromatic rings. The molecule has 192 valence electrons. The van der Waals surface area contributed by atoms with Gasteiger partial charge in [0.05, 0.1) is 17.6 Å². The summed E-state index contributed by atoms with van der Waals surface area (Å²) in [5.41, 5.74) is 1.61. The molecule has 6 heteroatoms. The van der Waals surface area contributed by atoms with E-state index in [4.69, 9.17) is 4.74 Å². The quantitative estimate of drug-likeness (QED) is 0.475. The van der Waals surface area contributed by atoms with Crippen molar-refractivity contribution in [1.29, 1.82) is 0 Å². The lowest BCUT2D eigenvalue weighted by atomic mass is 9.63. The Hall–Kier alpha value is -2.21. The van der Waals surface area contributed by atoms with Crippen LogP contribution < -0.4 is 5.56 Å². The minimum absolute atomic E-state index is 0.0639. The number of hydrogen-bond donors (Lipinski definition) is 0. The number of hydrogen-bond acceptors (Lipinski definition) is 5. The lowest BCUT2D eigenvalue weighted by molar-refractivity contribution is 0.000601. The average Bonchev–Trinajstić information content (AvgIpc) is 3.11. The second-order valence-corrected chi connectivity index (χ2v) is 12.5. The highest BCUT2D eigenvalue weighted by Crippen LogP contribution is 2.49. The van der Waals surface area contributed by atoms with Gasteiger partial charge in [0, 0.05) is 24.2 Å². The summed E-state index contributed by atoms with van der Waals surface area (Å²) in [5.74, 6) is -0.646. The summed E-state index contributed by atoms with van der Waals surface area (Å²) in [6.07, 6.45) is 6.90. The molecule has 1 aliphatic carbocycles. The number of ether oxygens (including phenoxy) is 1. The van der Waals surface area contributed by atoms with Crippen LogP contribution in [0.2, 0.25) is 0 Å². The normalized spacial score (nSPS) is 25.6. The van der Waals surface area contributed by atoms with E-state index in [1.54, 1.807) is 11.5 Å². The molecule has 1 aliphatic heterocycles. The highest BCUT2D eigenvalue weighted by Gasteiger charge is 2.45. The summed E-state index contributed by atoms with van der Waals surface area (Å²) >= 11 is 0. The maximum absolute atomic E-state index is 13.5. The third-order valence-corrected chi connectivity index (χ3v) is 8.12. The first-order valence-corrected chi connectivity index (χ1v) is 13.4.